The van der Waals surface area contributed by atoms with Crippen LogP contribution in [0.25, 0.3) is 0 Å². The van der Waals surface area contributed by atoms with Gasteiger partial charge in [-0.1, -0.05) is 6.92 Å². The van der Waals surface area contributed by atoms with Gasteiger partial charge in [0.2, 0.25) is 0 Å². The fourth-order valence-corrected chi connectivity index (χ4v) is 1.63. The quantitative estimate of drug-likeness (QED) is 0.679. The van der Waals surface area contributed by atoms with Crippen LogP contribution in [0.15, 0.2) is 24.3 Å². The number of halogens is 1. The predicted molar refractivity (Wildman–Crippen MR) is 49.2 cm³/mol. The van der Waals surface area contributed by atoms with Gasteiger partial charge in [0.1, 0.15) is 11.6 Å². The van der Waals surface area contributed by atoms with Gasteiger partial charge in [-0.2, -0.15) is 0 Å². The molecule has 1 nitrogen and oxygen atoms in total. The van der Waals surface area contributed by atoms with E-state index >= 15 is 0 Å². The monoisotopic (exact) mass is 180 g/mol. The van der Waals surface area contributed by atoms with Crippen LogP contribution in [0.3, 0.4) is 0 Å². The Morgan fingerprint density at radius 1 is 1.23 bits per heavy atom. The lowest BCUT2D eigenvalue weighted by Crippen LogP contribution is -2.31. The summed E-state index contributed by atoms with van der Waals surface area (Å²) in [5.41, 5.74) is 0. The highest BCUT2D eigenvalue weighted by atomic mass is 19.1. The molecule has 13 heavy (non-hydrogen) atoms. The molecule has 0 N–H and O–H groups in total. The molecule has 0 atom stereocenters. The van der Waals surface area contributed by atoms with E-state index < -0.39 is 0 Å². The zero-order valence-corrected chi connectivity index (χ0v) is 7.66. The molecule has 0 heterocycles. The Bertz CT molecular complexity index is 275. The van der Waals surface area contributed by atoms with Gasteiger partial charge in [0, 0.05) is 0 Å². The standard InChI is InChI=1S/C11H13FO/c1-8-6-11(7-8)13-10-4-2-9(12)3-5-10/h2-5,8,11H,6-7H2,1H3. The molecule has 1 fully saturated rings. The average Bonchev–Trinajstić information content (AvgIpc) is 2.06. The van der Waals surface area contributed by atoms with Gasteiger partial charge in [-0.15, -0.1) is 0 Å². The van der Waals surface area contributed by atoms with Crippen LogP contribution in [0.1, 0.15) is 19.8 Å². The first-order chi connectivity index (χ1) is 6.24. The van der Waals surface area contributed by atoms with E-state index in [1.165, 1.54) is 12.1 Å². The molecular weight excluding hydrogens is 167 g/mol. The van der Waals surface area contributed by atoms with E-state index in [9.17, 15) is 4.39 Å². The average molecular weight is 180 g/mol. The third-order valence-corrected chi connectivity index (χ3v) is 2.45. The minimum atomic E-state index is -0.214. The van der Waals surface area contributed by atoms with Crippen molar-refractivity contribution in [2.24, 2.45) is 5.92 Å². The van der Waals surface area contributed by atoms with Crippen molar-refractivity contribution in [1.82, 2.24) is 0 Å². The van der Waals surface area contributed by atoms with E-state index in [0.717, 1.165) is 24.5 Å². The second-order valence-corrected chi connectivity index (χ2v) is 3.77. The van der Waals surface area contributed by atoms with Gasteiger partial charge in [0.15, 0.2) is 0 Å². The highest BCUT2D eigenvalue weighted by Gasteiger charge is 2.26. The molecule has 0 spiro atoms. The summed E-state index contributed by atoms with van der Waals surface area (Å²) in [6.45, 7) is 2.21. The van der Waals surface area contributed by atoms with Crippen LogP contribution < -0.4 is 4.74 Å². The second kappa shape index (κ2) is 3.36. The molecule has 70 valence electrons. The fraction of sp³-hybridized carbons (Fsp3) is 0.455. The summed E-state index contributed by atoms with van der Waals surface area (Å²) in [6.07, 6.45) is 2.59. The van der Waals surface area contributed by atoms with Crippen molar-refractivity contribution in [3.63, 3.8) is 0 Å². The maximum absolute atomic E-state index is 12.5. The van der Waals surface area contributed by atoms with Gasteiger partial charge in [-0.05, 0) is 43.0 Å². The van der Waals surface area contributed by atoms with Gasteiger partial charge in [-0.25, -0.2) is 4.39 Å². The van der Waals surface area contributed by atoms with E-state index in [0.29, 0.717) is 6.10 Å². The smallest absolute Gasteiger partial charge is 0.123 e. The van der Waals surface area contributed by atoms with Crippen LogP contribution in [0.4, 0.5) is 4.39 Å². The molecule has 1 saturated carbocycles. The Morgan fingerprint density at radius 3 is 2.38 bits per heavy atom. The van der Waals surface area contributed by atoms with Crippen molar-refractivity contribution in [3.05, 3.63) is 30.1 Å². The highest BCUT2D eigenvalue weighted by molar-refractivity contribution is 5.22. The summed E-state index contributed by atoms with van der Waals surface area (Å²) in [5, 5.41) is 0. The van der Waals surface area contributed by atoms with Gasteiger partial charge in [-0.3, -0.25) is 0 Å². The number of rotatable bonds is 2. The highest BCUT2D eigenvalue weighted by Crippen LogP contribution is 2.30. The minimum Gasteiger partial charge on any atom is -0.490 e. The molecule has 1 aromatic carbocycles. The largest absolute Gasteiger partial charge is 0.490 e. The third-order valence-electron chi connectivity index (χ3n) is 2.45. The van der Waals surface area contributed by atoms with Crippen LogP contribution >= 0.6 is 0 Å². The molecule has 0 bridgehead atoms. The Hall–Kier alpha value is -1.05. The molecule has 0 aromatic heterocycles. The summed E-state index contributed by atoms with van der Waals surface area (Å²) in [7, 11) is 0. The van der Waals surface area contributed by atoms with Crippen molar-refractivity contribution in [2.45, 2.75) is 25.9 Å². The fourth-order valence-electron chi connectivity index (χ4n) is 1.63. The zero-order chi connectivity index (χ0) is 9.26. The molecule has 1 aliphatic carbocycles. The maximum atomic E-state index is 12.5. The molecule has 1 aliphatic rings. The van der Waals surface area contributed by atoms with E-state index in [-0.39, 0.29) is 5.82 Å². The number of ether oxygens (including phenoxy) is 1. The first kappa shape index (κ1) is 8.54. The molecule has 2 heteroatoms. The molecule has 2 rings (SSSR count). The number of benzene rings is 1. The summed E-state index contributed by atoms with van der Waals surface area (Å²) in [4.78, 5) is 0. The van der Waals surface area contributed by atoms with Crippen molar-refractivity contribution < 1.29 is 9.13 Å². The minimum absolute atomic E-state index is 0.214. The lowest BCUT2D eigenvalue weighted by Gasteiger charge is -2.32. The Kier molecular flexibility index (Phi) is 2.21. The van der Waals surface area contributed by atoms with Gasteiger partial charge < -0.3 is 4.74 Å². The zero-order valence-electron chi connectivity index (χ0n) is 7.66. The Morgan fingerprint density at radius 2 is 1.85 bits per heavy atom. The van der Waals surface area contributed by atoms with Crippen molar-refractivity contribution >= 4 is 0 Å². The number of hydrogen-bond acceptors (Lipinski definition) is 1. The van der Waals surface area contributed by atoms with Crippen molar-refractivity contribution in [2.75, 3.05) is 0 Å². The lowest BCUT2D eigenvalue weighted by atomic mass is 9.84. The van der Waals surface area contributed by atoms with E-state index in [1.54, 1.807) is 12.1 Å². The van der Waals surface area contributed by atoms with Crippen LogP contribution in [-0.4, -0.2) is 6.10 Å². The normalized spacial score (nSPS) is 26.6. The van der Waals surface area contributed by atoms with Crippen molar-refractivity contribution in [1.29, 1.82) is 0 Å². The first-order valence-corrected chi connectivity index (χ1v) is 4.66. The maximum Gasteiger partial charge on any atom is 0.123 e. The van der Waals surface area contributed by atoms with Gasteiger partial charge in [0.05, 0.1) is 6.10 Å². The van der Waals surface area contributed by atoms with E-state index in [1.807, 2.05) is 0 Å². The molecule has 0 amide bonds. The van der Waals surface area contributed by atoms with Crippen LogP contribution in [0.5, 0.6) is 5.75 Å². The van der Waals surface area contributed by atoms with Crippen LogP contribution in [-0.2, 0) is 0 Å². The van der Waals surface area contributed by atoms with Crippen molar-refractivity contribution in [3.8, 4) is 5.75 Å². The van der Waals surface area contributed by atoms with Crippen LogP contribution in [0.2, 0.25) is 0 Å². The van der Waals surface area contributed by atoms with Gasteiger partial charge >= 0.3 is 0 Å². The lowest BCUT2D eigenvalue weighted by molar-refractivity contribution is 0.0738. The molecule has 0 radical (unpaired) electrons. The van der Waals surface area contributed by atoms with E-state index in [2.05, 4.69) is 6.92 Å². The molecule has 1 aromatic rings. The molecule has 0 aliphatic heterocycles. The summed E-state index contributed by atoms with van der Waals surface area (Å²) in [5.74, 6) is 1.35. The topological polar surface area (TPSA) is 9.23 Å². The summed E-state index contributed by atoms with van der Waals surface area (Å²) >= 11 is 0. The Balaban J connectivity index is 1.91. The van der Waals surface area contributed by atoms with Crippen LogP contribution in [0, 0.1) is 11.7 Å². The van der Waals surface area contributed by atoms with E-state index in [4.69, 9.17) is 4.74 Å². The van der Waals surface area contributed by atoms with Gasteiger partial charge in [0.25, 0.3) is 0 Å². The summed E-state index contributed by atoms with van der Waals surface area (Å²) in [6, 6.07) is 6.21. The SMILES string of the molecule is CC1CC(Oc2ccc(F)cc2)C1. The Labute approximate surface area is 77.5 Å². The summed E-state index contributed by atoms with van der Waals surface area (Å²) < 4.78 is 18.1. The number of hydrogen-bond donors (Lipinski definition) is 0. The molecule has 0 saturated heterocycles. The first-order valence-electron chi connectivity index (χ1n) is 4.66. The predicted octanol–water partition coefficient (Wildman–Crippen LogP) is 3.00. The third kappa shape index (κ3) is 2.00. The molecule has 0 unspecified atom stereocenters. The molecular formula is C11H13FO. The second-order valence-electron chi connectivity index (χ2n) is 3.77.